The molecule has 0 spiro atoms. The van der Waals surface area contributed by atoms with Crippen LogP contribution in [0.15, 0.2) is 17.5 Å². The van der Waals surface area contributed by atoms with Crippen LogP contribution in [0.4, 0.5) is 5.00 Å². The quantitative estimate of drug-likeness (QED) is 0.795. The van der Waals surface area contributed by atoms with Crippen LogP contribution in [0, 0.1) is 12.8 Å². The van der Waals surface area contributed by atoms with E-state index >= 15 is 0 Å². The van der Waals surface area contributed by atoms with E-state index in [4.69, 9.17) is 4.74 Å². The van der Waals surface area contributed by atoms with Gasteiger partial charge in [-0.2, -0.15) is 4.37 Å². The number of hydrogen-bond acceptors (Lipinski definition) is 6. The number of ether oxygens (including phenoxy) is 1. The molecule has 2 heterocycles. The number of nitrogens with one attached hydrogen (secondary N) is 1. The monoisotopic (exact) mass is 324 g/mol. The average Bonchev–Trinajstić information content (AvgIpc) is 3.05. The number of hydrogen-bond donors (Lipinski definition) is 1. The van der Waals surface area contributed by atoms with Crippen molar-refractivity contribution in [3.05, 3.63) is 33.6 Å². The summed E-state index contributed by atoms with van der Waals surface area (Å²) in [5, 5.41) is 6.33. The molecule has 1 unspecified atom stereocenters. The van der Waals surface area contributed by atoms with Gasteiger partial charge in [0.25, 0.3) is 0 Å². The van der Waals surface area contributed by atoms with Gasteiger partial charge in [0, 0.05) is 4.88 Å². The maximum absolute atomic E-state index is 12.1. The van der Waals surface area contributed by atoms with Gasteiger partial charge in [0.1, 0.15) is 10.6 Å². The van der Waals surface area contributed by atoms with Gasteiger partial charge >= 0.3 is 5.97 Å². The summed E-state index contributed by atoms with van der Waals surface area (Å²) in [6.07, 6.45) is 0. The van der Waals surface area contributed by atoms with Crippen LogP contribution in [0.2, 0.25) is 0 Å². The smallest absolute Gasteiger partial charge is 0.343 e. The highest BCUT2D eigenvalue weighted by Crippen LogP contribution is 2.34. The Morgan fingerprint density at radius 1 is 1.48 bits per heavy atom. The minimum Gasteiger partial charge on any atom is -0.462 e. The van der Waals surface area contributed by atoms with E-state index in [-0.39, 0.29) is 12.0 Å². The van der Waals surface area contributed by atoms with Crippen LogP contribution in [0.5, 0.6) is 0 Å². The third-order valence-electron chi connectivity index (χ3n) is 3.15. The molecular weight excluding hydrogens is 304 g/mol. The molecule has 0 fully saturated rings. The lowest BCUT2D eigenvalue weighted by Crippen LogP contribution is -2.17. The Hall–Kier alpha value is -1.40. The number of carbonyl (C=O) groups excluding carboxylic acids is 1. The first kappa shape index (κ1) is 16.0. The van der Waals surface area contributed by atoms with Crippen LogP contribution in [0.25, 0.3) is 0 Å². The number of anilines is 1. The largest absolute Gasteiger partial charge is 0.462 e. The van der Waals surface area contributed by atoms with E-state index in [9.17, 15) is 4.79 Å². The lowest BCUT2D eigenvalue weighted by atomic mass is 10.0. The van der Waals surface area contributed by atoms with E-state index in [1.54, 1.807) is 11.3 Å². The van der Waals surface area contributed by atoms with Crippen molar-refractivity contribution in [3.8, 4) is 0 Å². The Kier molecular flexibility index (Phi) is 5.36. The molecule has 1 atom stereocenters. The summed E-state index contributed by atoms with van der Waals surface area (Å²) in [5.41, 5.74) is 1.28. The fraction of sp³-hybridized carbons (Fsp3) is 0.467. The first-order valence-electron chi connectivity index (χ1n) is 6.97. The average molecular weight is 324 g/mol. The van der Waals surface area contributed by atoms with E-state index in [0.717, 1.165) is 10.7 Å². The van der Waals surface area contributed by atoms with E-state index in [2.05, 4.69) is 35.0 Å². The van der Waals surface area contributed by atoms with Crippen LogP contribution in [-0.4, -0.2) is 16.9 Å². The molecule has 0 aliphatic carbocycles. The van der Waals surface area contributed by atoms with Crippen LogP contribution in [-0.2, 0) is 4.74 Å². The fourth-order valence-corrected chi connectivity index (χ4v) is 3.86. The molecule has 0 bridgehead atoms. The lowest BCUT2D eigenvalue weighted by Gasteiger charge is -2.21. The van der Waals surface area contributed by atoms with E-state index in [0.29, 0.717) is 18.1 Å². The summed E-state index contributed by atoms with van der Waals surface area (Å²) in [5.74, 6) is 0.0982. The number of aryl methyl sites for hydroxylation is 1. The predicted molar refractivity (Wildman–Crippen MR) is 88.3 cm³/mol. The zero-order valence-corrected chi connectivity index (χ0v) is 14.3. The standard InChI is InChI=1S/C15H20N2O2S2/c1-5-19-15(18)12-10(4)17-21-14(12)16-13(9(2)3)11-7-6-8-20-11/h6-9,13,16H,5H2,1-4H3. The summed E-state index contributed by atoms with van der Waals surface area (Å²) >= 11 is 3.03. The summed E-state index contributed by atoms with van der Waals surface area (Å²) in [6, 6.07) is 4.32. The molecule has 0 aliphatic rings. The Labute approximate surface area is 133 Å². The molecule has 0 saturated carbocycles. The zero-order chi connectivity index (χ0) is 15.4. The van der Waals surface area contributed by atoms with Crippen molar-refractivity contribution in [2.45, 2.75) is 33.7 Å². The molecule has 114 valence electrons. The first-order valence-corrected chi connectivity index (χ1v) is 8.63. The highest BCUT2D eigenvalue weighted by Gasteiger charge is 2.24. The van der Waals surface area contributed by atoms with Gasteiger partial charge in [-0.15, -0.1) is 11.3 Å². The van der Waals surface area contributed by atoms with E-state index in [1.807, 2.05) is 19.9 Å². The lowest BCUT2D eigenvalue weighted by molar-refractivity contribution is 0.0527. The third kappa shape index (κ3) is 3.63. The van der Waals surface area contributed by atoms with Gasteiger partial charge in [0.05, 0.1) is 18.3 Å². The van der Waals surface area contributed by atoms with Gasteiger partial charge in [-0.05, 0) is 42.7 Å². The number of esters is 1. The van der Waals surface area contributed by atoms with Crippen molar-refractivity contribution >= 4 is 33.8 Å². The molecule has 0 amide bonds. The molecule has 6 heteroatoms. The Morgan fingerprint density at radius 2 is 2.24 bits per heavy atom. The summed E-state index contributed by atoms with van der Waals surface area (Å²) in [6.45, 7) is 8.34. The molecule has 21 heavy (non-hydrogen) atoms. The molecule has 2 rings (SSSR count). The van der Waals surface area contributed by atoms with Gasteiger partial charge in [-0.1, -0.05) is 19.9 Å². The number of aromatic nitrogens is 1. The van der Waals surface area contributed by atoms with Crippen molar-refractivity contribution in [2.24, 2.45) is 5.92 Å². The van der Waals surface area contributed by atoms with E-state index in [1.165, 1.54) is 16.4 Å². The zero-order valence-electron chi connectivity index (χ0n) is 12.7. The normalized spacial score (nSPS) is 12.4. The van der Waals surface area contributed by atoms with Crippen molar-refractivity contribution < 1.29 is 9.53 Å². The van der Waals surface area contributed by atoms with Crippen LogP contribution < -0.4 is 5.32 Å². The summed E-state index contributed by atoms with van der Waals surface area (Å²) in [4.78, 5) is 13.3. The Bertz CT molecular complexity index is 591. The second kappa shape index (κ2) is 7.04. The fourth-order valence-electron chi connectivity index (χ4n) is 2.09. The number of thiophene rings is 1. The maximum atomic E-state index is 12.1. The second-order valence-corrected chi connectivity index (χ2v) is 6.83. The molecule has 2 aromatic rings. The minimum absolute atomic E-state index is 0.165. The summed E-state index contributed by atoms with van der Waals surface area (Å²) in [7, 11) is 0. The molecule has 0 radical (unpaired) electrons. The predicted octanol–water partition coefficient (Wildman–Crippen LogP) is 4.50. The van der Waals surface area contributed by atoms with Crippen molar-refractivity contribution in [1.29, 1.82) is 0 Å². The highest BCUT2D eigenvalue weighted by molar-refractivity contribution is 7.11. The van der Waals surface area contributed by atoms with E-state index < -0.39 is 0 Å². The van der Waals surface area contributed by atoms with Gasteiger partial charge in [0.2, 0.25) is 0 Å². The Balaban J connectivity index is 2.28. The molecule has 4 nitrogen and oxygen atoms in total. The first-order chi connectivity index (χ1) is 10.0. The molecular formula is C15H20N2O2S2. The van der Waals surface area contributed by atoms with Crippen molar-refractivity contribution in [2.75, 3.05) is 11.9 Å². The maximum Gasteiger partial charge on any atom is 0.343 e. The molecule has 1 N–H and O–H groups in total. The SMILES string of the molecule is CCOC(=O)c1c(C)nsc1NC(c1cccs1)C(C)C. The molecule has 0 saturated heterocycles. The highest BCUT2D eigenvalue weighted by atomic mass is 32.1. The number of rotatable bonds is 6. The number of carbonyl (C=O) groups is 1. The van der Waals surface area contributed by atoms with Crippen LogP contribution >= 0.6 is 22.9 Å². The van der Waals surface area contributed by atoms with Crippen LogP contribution in [0.3, 0.4) is 0 Å². The second-order valence-electron chi connectivity index (χ2n) is 5.07. The van der Waals surface area contributed by atoms with Crippen molar-refractivity contribution in [3.63, 3.8) is 0 Å². The van der Waals surface area contributed by atoms with Gasteiger partial charge in [-0.25, -0.2) is 4.79 Å². The van der Waals surface area contributed by atoms with Gasteiger partial charge in [0.15, 0.2) is 0 Å². The molecule has 0 aromatic carbocycles. The van der Waals surface area contributed by atoms with Gasteiger partial charge in [-0.3, -0.25) is 0 Å². The van der Waals surface area contributed by atoms with Crippen LogP contribution in [0.1, 0.15) is 47.7 Å². The van der Waals surface area contributed by atoms with Gasteiger partial charge < -0.3 is 10.1 Å². The Morgan fingerprint density at radius 3 is 2.81 bits per heavy atom. The topological polar surface area (TPSA) is 51.2 Å². The number of nitrogens with zero attached hydrogens (tertiary/aromatic N) is 1. The molecule has 2 aromatic heterocycles. The summed E-state index contributed by atoms with van der Waals surface area (Å²) < 4.78 is 9.43. The third-order valence-corrected chi connectivity index (χ3v) is 4.97. The minimum atomic E-state index is -0.306. The van der Waals surface area contributed by atoms with Crippen molar-refractivity contribution in [1.82, 2.24) is 4.37 Å². The molecule has 0 aliphatic heterocycles.